The third-order valence-corrected chi connectivity index (χ3v) is 7.29. The number of likely N-dealkylation sites (tertiary alicyclic amines) is 1. The second kappa shape index (κ2) is 11.5. The molecule has 0 aliphatic carbocycles. The van der Waals surface area contributed by atoms with Gasteiger partial charge in [-0.2, -0.15) is 26.3 Å². The molecule has 0 radical (unpaired) electrons. The molecule has 4 rings (SSSR count). The minimum Gasteiger partial charge on any atom is -0.608 e. The molecule has 0 saturated carbocycles. The Bertz CT molecular complexity index is 1200. The van der Waals surface area contributed by atoms with Crippen LogP contribution in [-0.4, -0.2) is 47.3 Å². The van der Waals surface area contributed by atoms with Crippen molar-refractivity contribution in [2.24, 2.45) is 5.92 Å². The first-order valence-corrected chi connectivity index (χ1v) is 12.6. The highest BCUT2D eigenvalue weighted by Crippen LogP contribution is 2.36. The van der Waals surface area contributed by atoms with Crippen LogP contribution < -0.4 is 10.6 Å². The van der Waals surface area contributed by atoms with E-state index in [1.165, 1.54) is 4.90 Å². The fourth-order valence-electron chi connectivity index (χ4n) is 5.19. The first-order valence-electron chi connectivity index (χ1n) is 12.6. The van der Waals surface area contributed by atoms with Crippen molar-refractivity contribution in [1.29, 1.82) is 0 Å². The first kappa shape index (κ1) is 29.5. The quantitative estimate of drug-likeness (QED) is 0.363. The van der Waals surface area contributed by atoms with Crippen LogP contribution in [0.4, 0.5) is 36.8 Å². The van der Waals surface area contributed by atoms with Crippen molar-refractivity contribution in [2.75, 3.05) is 18.5 Å². The highest BCUT2D eigenvalue weighted by atomic mass is 19.4. The molecule has 3 N–H and O–H groups in total. The van der Waals surface area contributed by atoms with Crippen LogP contribution in [0.15, 0.2) is 42.5 Å². The lowest BCUT2D eigenvalue weighted by molar-refractivity contribution is -0.857. The zero-order chi connectivity index (χ0) is 29.2. The highest BCUT2D eigenvalue weighted by Gasteiger charge is 2.38. The Kier molecular flexibility index (Phi) is 8.49. The minimum atomic E-state index is -5.10. The smallest absolute Gasteiger partial charge is 0.416 e. The summed E-state index contributed by atoms with van der Waals surface area (Å²) in [6, 6.07) is 7.94. The third kappa shape index (κ3) is 6.97. The number of piperidine rings is 1. The van der Waals surface area contributed by atoms with Gasteiger partial charge >= 0.3 is 24.4 Å². The normalized spacial score (nSPS) is 21.1. The number of amides is 1. The van der Waals surface area contributed by atoms with E-state index >= 15 is 0 Å². The molecule has 0 bridgehead atoms. The molecule has 0 spiro atoms. The van der Waals surface area contributed by atoms with Crippen LogP contribution in [0.1, 0.15) is 41.5 Å². The Labute approximate surface area is 225 Å². The SMILES string of the molecule is O=C(O)[C@@H](Cc1cc(C(F)(F)F)cc(C(F)(F)F)c1)OC(=O)N1CCC(C2CCc3ccccc3N[NH+]2[O-])CC1. The highest BCUT2D eigenvalue weighted by molar-refractivity contribution is 5.77. The maximum Gasteiger partial charge on any atom is 0.416 e. The number of quaternary nitrogens is 1. The maximum absolute atomic E-state index is 13.2. The molecule has 14 heteroatoms. The van der Waals surface area contributed by atoms with E-state index in [0.29, 0.717) is 37.8 Å². The number of anilines is 1. The summed E-state index contributed by atoms with van der Waals surface area (Å²) in [5.74, 6) is -1.76. The number of carbonyl (C=O) groups excluding carboxylic acids is 1. The van der Waals surface area contributed by atoms with Crippen molar-refractivity contribution in [2.45, 2.75) is 56.6 Å². The van der Waals surface area contributed by atoms with Gasteiger partial charge in [0.25, 0.3) is 0 Å². The number of para-hydroxylation sites is 1. The molecule has 0 aromatic heterocycles. The zero-order valence-corrected chi connectivity index (χ0v) is 21.0. The molecule has 2 aliphatic rings. The second-order valence-electron chi connectivity index (χ2n) is 9.94. The summed E-state index contributed by atoms with van der Waals surface area (Å²) in [6.07, 6.45) is -12.0. The van der Waals surface area contributed by atoms with Gasteiger partial charge in [0, 0.05) is 31.8 Å². The fourth-order valence-corrected chi connectivity index (χ4v) is 5.19. The van der Waals surface area contributed by atoms with Crippen molar-refractivity contribution in [3.8, 4) is 0 Å². The van der Waals surface area contributed by atoms with Gasteiger partial charge in [-0.3, -0.25) is 5.17 Å². The topological polar surface area (TPSA) is 106 Å². The summed E-state index contributed by atoms with van der Waals surface area (Å²) in [7, 11) is 0. The molecular weight excluding hydrogens is 548 g/mol. The van der Waals surface area contributed by atoms with Crippen molar-refractivity contribution >= 4 is 17.7 Å². The average molecular weight is 576 g/mol. The number of halogens is 6. The Morgan fingerprint density at radius 3 is 2.20 bits per heavy atom. The number of benzene rings is 2. The number of ether oxygens (including phenoxy) is 1. The molecule has 1 saturated heterocycles. The van der Waals surface area contributed by atoms with E-state index in [1.54, 1.807) is 0 Å². The Morgan fingerprint density at radius 2 is 1.62 bits per heavy atom. The lowest BCUT2D eigenvalue weighted by Gasteiger charge is -2.39. The lowest BCUT2D eigenvalue weighted by atomic mass is 9.86. The summed E-state index contributed by atoms with van der Waals surface area (Å²) in [5, 5.41) is 22.2. The number of nitrogens with zero attached hydrogens (tertiary/aromatic N) is 1. The first-order chi connectivity index (χ1) is 18.7. The van der Waals surface area contributed by atoms with Crippen LogP contribution in [-0.2, 0) is 34.7 Å². The molecule has 2 aliphatic heterocycles. The Balaban J connectivity index is 1.39. The number of carbonyl (C=O) groups is 2. The number of hydrogen-bond acceptors (Lipinski definition) is 5. The van der Waals surface area contributed by atoms with Crippen molar-refractivity contribution in [3.63, 3.8) is 0 Å². The number of nitrogens with one attached hydrogen (secondary N) is 2. The Morgan fingerprint density at radius 1 is 1.02 bits per heavy atom. The summed E-state index contributed by atoms with van der Waals surface area (Å²) in [5.41, 5.74) is 0.945. The van der Waals surface area contributed by atoms with Gasteiger partial charge in [-0.15, -0.1) is 0 Å². The van der Waals surface area contributed by atoms with Crippen molar-refractivity contribution < 1.29 is 50.9 Å². The fraction of sp³-hybridized carbons (Fsp3) is 0.462. The van der Waals surface area contributed by atoms with Gasteiger partial charge in [0.1, 0.15) is 6.04 Å². The van der Waals surface area contributed by atoms with E-state index in [-0.39, 0.29) is 36.3 Å². The molecule has 2 aromatic rings. The molecule has 8 nitrogen and oxygen atoms in total. The molecule has 1 amide bonds. The number of hydrogen-bond donors (Lipinski definition) is 3. The summed E-state index contributed by atoms with van der Waals surface area (Å²) in [4.78, 5) is 25.7. The van der Waals surface area contributed by atoms with Crippen molar-refractivity contribution in [3.05, 3.63) is 69.9 Å². The van der Waals surface area contributed by atoms with Crippen LogP contribution in [0.3, 0.4) is 0 Å². The Hall–Kier alpha value is -3.52. The van der Waals surface area contributed by atoms with E-state index in [2.05, 4.69) is 5.43 Å². The van der Waals surface area contributed by atoms with E-state index in [9.17, 15) is 46.2 Å². The van der Waals surface area contributed by atoms with Gasteiger partial charge in [-0.05, 0) is 54.7 Å². The molecular formula is C26H27F6N3O5. The van der Waals surface area contributed by atoms with Crippen LogP contribution in [0.5, 0.6) is 0 Å². The van der Waals surface area contributed by atoms with E-state index < -0.39 is 53.6 Å². The number of hydroxylamine groups is 1. The standard InChI is InChI=1S/C26H27F6N3O5/c27-25(28,29)18-11-15(12-19(14-18)26(30,31)32)13-22(23(36)37)40-24(38)34-9-7-17(8-10-34)21-6-5-16-3-1-2-4-20(16)33-35(21)39/h1-4,11-12,14,17,21-22,33,35H,5-10,13H2,(H,36,37)/t21?,22-/m1/s1. The number of fused-ring (bicyclic) bond motifs is 1. The minimum absolute atomic E-state index is 0.0421. The van der Waals surface area contributed by atoms with Gasteiger partial charge in [0.15, 0.2) is 0 Å². The molecule has 2 aromatic carbocycles. The monoisotopic (exact) mass is 575 g/mol. The number of alkyl halides is 6. The lowest BCUT2D eigenvalue weighted by Crippen LogP contribution is -3.15. The molecule has 1 fully saturated rings. The second-order valence-corrected chi connectivity index (χ2v) is 9.94. The third-order valence-electron chi connectivity index (χ3n) is 7.29. The number of aryl methyl sites for hydroxylation is 1. The predicted octanol–water partition coefficient (Wildman–Crippen LogP) is 4.29. The van der Waals surface area contributed by atoms with Gasteiger partial charge in [-0.25, -0.2) is 15.0 Å². The molecule has 2 unspecified atom stereocenters. The molecule has 3 atom stereocenters. The van der Waals surface area contributed by atoms with Crippen LogP contribution >= 0.6 is 0 Å². The van der Waals surface area contributed by atoms with Crippen LogP contribution in [0, 0.1) is 11.1 Å². The van der Waals surface area contributed by atoms with Crippen LogP contribution in [0.25, 0.3) is 0 Å². The molecule has 2 heterocycles. The maximum atomic E-state index is 13.2. The zero-order valence-electron chi connectivity index (χ0n) is 21.0. The summed E-state index contributed by atoms with van der Waals surface area (Å²) in [6.45, 7) is 0.294. The summed E-state index contributed by atoms with van der Waals surface area (Å²) >= 11 is 0. The number of carboxylic acids is 1. The van der Waals surface area contributed by atoms with E-state index in [1.807, 2.05) is 24.3 Å². The van der Waals surface area contributed by atoms with Crippen LogP contribution in [0.2, 0.25) is 0 Å². The van der Waals surface area contributed by atoms with E-state index in [0.717, 1.165) is 11.3 Å². The van der Waals surface area contributed by atoms with Gasteiger partial charge < -0.3 is 20.0 Å². The molecule has 218 valence electrons. The number of aliphatic carboxylic acids is 1. The summed E-state index contributed by atoms with van der Waals surface area (Å²) < 4.78 is 84.0. The van der Waals surface area contributed by atoms with Gasteiger partial charge in [0.05, 0.1) is 16.8 Å². The van der Waals surface area contributed by atoms with Gasteiger partial charge in [0.2, 0.25) is 6.10 Å². The van der Waals surface area contributed by atoms with Crippen molar-refractivity contribution in [1.82, 2.24) is 4.90 Å². The predicted molar refractivity (Wildman–Crippen MR) is 129 cm³/mol. The van der Waals surface area contributed by atoms with E-state index in [4.69, 9.17) is 4.74 Å². The number of rotatable bonds is 5. The number of carboxylic acid groups (broad SMARTS) is 1. The van der Waals surface area contributed by atoms with Gasteiger partial charge in [-0.1, -0.05) is 18.2 Å². The largest absolute Gasteiger partial charge is 0.608 e. The average Bonchev–Trinajstić information content (AvgIpc) is 3.05. The molecule has 40 heavy (non-hydrogen) atoms.